The molecule has 0 aliphatic heterocycles. The van der Waals surface area contributed by atoms with Crippen molar-refractivity contribution in [1.82, 2.24) is 0 Å². The molecule has 0 saturated carbocycles. The summed E-state index contributed by atoms with van der Waals surface area (Å²) >= 11 is 0. The molecule has 0 amide bonds. The smallest absolute Gasteiger partial charge is 0.159 e. The lowest BCUT2D eigenvalue weighted by atomic mass is 10.1. The van der Waals surface area contributed by atoms with Crippen molar-refractivity contribution in [1.29, 1.82) is 5.26 Å². The predicted octanol–water partition coefficient (Wildman–Crippen LogP) is 4.90. The minimum absolute atomic E-state index is 0.155. The van der Waals surface area contributed by atoms with Gasteiger partial charge in [-0.05, 0) is 35.7 Å². The van der Waals surface area contributed by atoms with E-state index in [0.717, 1.165) is 11.3 Å². The summed E-state index contributed by atoms with van der Waals surface area (Å²) in [7, 11) is 0. The molecular weight excluding hydrogens is 274 g/mol. The molecule has 0 bridgehead atoms. The number of benzene rings is 2. The molecule has 4 heteroatoms. The Hall–Kier alpha value is -2.67. The Labute approximate surface area is 131 Å². The van der Waals surface area contributed by atoms with Crippen molar-refractivity contribution in [2.75, 3.05) is 0 Å². The molecule has 2 aromatic carbocycles. The quantitative estimate of drug-likeness (QED) is 0.711. The molecule has 1 unspecified atom stereocenters. The fourth-order valence-electron chi connectivity index (χ4n) is 1.79. The van der Waals surface area contributed by atoms with Gasteiger partial charge in [0.15, 0.2) is 6.04 Å². The van der Waals surface area contributed by atoms with E-state index in [0.29, 0.717) is 12.3 Å². The zero-order chi connectivity index (χ0) is 15.8. The Morgan fingerprint density at radius 1 is 1.05 bits per heavy atom. The number of hydrogen-bond donors (Lipinski definition) is 0. The molecule has 4 nitrogen and oxygen atoms in total. The molecule has 0 radical (unpaired) electrons. The van der Waals surface area contributed by atoms with Gasteiger partial charge >= 0.3 is 0 Å². The summed E-state index contributed by atoms with van der Waals surface area (Å²) in [4.78, 5) is 0. The minimum Gasteiger partial charge on any atom is -0.489 e. The van der Waals surface area contributed by atoms with Gasteiger partial charge in [-0.1, -0.05) is 44.2 Å². The molecule has 0 saturated heterocycles. The summed E-state index contributed by atoms with van der Waals surface area (Å²) < 4.78 is 5.71. The van der Waals surface area contributed by atoms with E-state index in [4.69, 9.17) is 10.00 Å². The first kappa shape index (κ1) is 15.7. The third kappa shape index (κ3) is 4.71. The van der Waals surface area contributed by atoms with Crippen molar-refractivity contribution in [2.45, 2.75) is 26.5 Å². The van der Waals surface area contributed by atoms with Crippen molar-refractivity contribution in [3.63, 3.8) is 0 Å². The van der Waals surface area contributed by atoms with Crippen LogP contribution in [0, 0.1) is 17.2 Å². The highest BCUT2D eigenvalue weighted by Gasteiger charge is 2.09. The van der Waals surface area contributed by atoms with E-state index in [1.165, 1.54) is 0 Å². The van der Waals surface area contributed by atoms with Gasteiger partial charge in [-0.15, -0.1) is 0 Å². The van der Waals surface area contributed by atoms with Crippen LogP contribution < -0.4 is 4.74 Å². The Morgan fingerprint density at radius 2 is 1.73 bits per heavy atom. The first-order valence-electron chi connectivity index (χ1n) is 7.26. The van der Waals surface area contributed by atoms with Gasteiger partial charge in [0.1, 0.15) is 12.4 Å². The topological polar surface area (TPSA) is 57.7 Å². The van der Waals surface area contributed by atoms with E-state index in [1.807, 2.05) is 68.4 Å². The fraction of sp³-hybridized carbons (Fsp3) is 0.278. The number of ether oxygens (including phenoxy) is 1. The SMILES string of the molecule is CC(C)C(C#N)N=Nc1ccc(OCc2ccccc2)cc1. The van der Waals surface area contributed by atoms with Crippen LogP contribution in [0.2, 0.25) is 0 Å². The summed E-state index contributed by atoms with van der Waals surface area (Å²) in [5.41, 5.74) is 1.84. The summed E-state index contributed by atoms with van der Waals surface area (Å²) in [5, 5.41) is 17.1. The van der Waals surface area contributed by atoms with Gasteiger partial charge in [0.25, 0.3) is 0 Å². The van der Waals surface area contributed by atoms with Gasteiger partial charge in [0.05, 0.1) is 11.8 Å². The van der Waals surface area contributed by atoms with Crippen LogP contribution in [0.4, 0.5) is 5.69 Å². The summed E-state index contributed by atoms with van der Waals surface area (Å²) in [5.74, 6) is 0.936. The molecule has 0 N–H and O–H groups in total. The fourth-order valence-corrected chi connectivity index (χ4v) is 1.79. The number of azo groups is 1. The molecule has 0 spiro atoms. The molecular formula is C18H19N3O. The maximum absolute atomic E-state index is 8.97. The standard InChI is InChI=1S/C18H19N3O/c1-14(2)18(12-19)21-20-16-8-10-17(11-9-16)22-13-15-6-4-3-5-7-15/h3-11,14,18H,13H2,1-2H3. The van der Waals surface area contributed by atoms with Crippen molar-refractivity contribution >= 4 is 5.69 Å². The van der Waals surface area contributed by atoms with Crippen LogP contribution in [0.3, 0.4) is 0 Å². The van der Waals surface area contributed by atoms with Crippen LogP contribution in [-0.2, 0) is 6.61 Å². The second-order valence-corrected chi connectivity index (χ2v) is 5.30. The number of nitrogens with zero attached hydrogens (tertiary/aromatic N) is 3. The Balaban J connectivity index is 1.93. The van der Waals surface area contributed by atoms with Crippen LogP contribution in [0.5, 0.6) is 5.75 Å². The van der Waals surface area contributed by atoms with Crippen LogP contribution in [0.15, 0.2) is 64.8 Å². The molecule has 0 aliphatic carbocycles. The summed E-state index contributed by atoms with van der Waals surface area (Å²) in [6.45, 7) is 4.44. The first-order chi connectivity index (χ1) is 10.7. The second kappa shape index (κ2) is 7.94. The molecule has 112 valence electrons. The van der Waals surface area contributed by atoms with Crippen molar-refractivity contribution in [3.8, 4) is 11.8 Å². The molecule has 0 fully saturated rings. The highest BCUT2D eigenvalue weighted by molar-refractivity contribution is 5.40. The maximum atomic E-state index is 8.97. The molecule has 2 aromatic rings. The molecule has 0 heterocycles. The minimum atomic E-state index is -0.408. The number of rotatable bonds is 6. The van der Waals surface area contributed by atoms with Crippen molar-refractivity contribution in [3.05, 3.63) is 60.2 Å². The van der Waals surface area contributed by atoms with Crippen LogP contribution in [0.1, 0.15) is 19.4 Å². The van der Waals surface area contributed by atoms with E-state index in [9.17, 15) is 0 Å². The highest BCUT2D eigenvalue weighted by Crippen LogP contribution is 2.20. The number of hydrogen-bond acceptors (Lipinski definition) is 4. The van der Waals surface area contributed by atoms with Crippen molar-refractivity contribution in [2.24, 2.45) is 16.1 Å². The lowest BCUT2D eigenvalue weighted by Gasteiger charge is -2.07. The van der Waals surface area contributed by atoms with Gasteiger partial charge < -0.3 is 4.74 Å². The third-order valence-electron chi connectivity index (χ3n) is 3.15. The zero-order valence-electron chi connectivity index (χ0n) is 12.8. The van der Waals surface area contributed by atoms with Gasteiger partial charge in [-0.2, -0.15) is 15.5 Å². The second-order valence-electron chi connectivity index (χ2n) is 5.30. The highest BCUT2D eigenvalue weighted by atomic mass is 16.5. The van der Waals surface area contributed by atoms with Gasteiger partial charge in [-0.25, -0.2) is 0 Å². The maximum Gasteiger partial charge on any atom is 0.159 e. The van der Waals surface area contributed by atoms with Crippen LogP contribution >= 0.6 is 0 Å². The van der Waals surface area contributed by atoms with Gasteiger partial charge in [-0.3, -0.25) is 0 Å². The lowest BCUT2D eigenvalue weighted by molar-refractivity contribution is 0.306. The molecule has 0 aromatic heterocycles. The number of nitriles is 1. The molecule has 2 rings (SSSR count). The Kier molecular flexibility index (Phi) is 5.67. The van der Waals surface area contributed by atoms with E-state index < -0.39 is 6.04 Å². The summed E-state index contributed by atoms with van der Waals surface area (Å²) in [6.07, 6.45) is 0. The molecule has 0 aliphatic rings. The van der Waals surface area contributed by atoms with Gasteiger partial charge in [0.2, 0.25) is 0 Å². The molecule has 22 heavy (non-hydrogen) atoms. The van der Waals surface area contributed by atoms with Crippen LogP contribution in [-0.4, -0.2) is 6.04 Å². The third-order valence-corrected chi connectivity index (χ3v) is 3.15. The zero-order valence-corrected chi connectivity index (χ0v) is 12.8. The molecule has 1 atom stereocenters. The predicted molar refractivity (Wildman–Crippen MR) is 86.0 cm³/mol. The van der Waals surface area contributed by atoms with E-state index in [1.54, 1.807) is 0 Å². The average molecular weight is 293 g/mol. The van der Waals surface area contributed by atoms with E-state index in [2.05, 4.69) is 16.3 Å². The monoisotopic (exact) mass is 293 g/mol. The Bertz CT molecular complexity index is 642. The Morgan fingerprint density at radius 3 is 2.32 bits per heavy atom. The van der Waals surface area contributed by atoms with Crippen molar-refractivity contribution < 1.29 is 4.74 Å². The van der Waals surface area contributed by atoms with Crippen LogP contribution in [0.25, 0.3) is 0 Å². The summed E-state index contributed by atoms with van der Waals surface area (Å²) in [6, 6.07) is 19.1. The van der Waals surface area contributed by atoms with E-state index >= 15 is 0 Å². The normalized spacial score (nSPS) is 12.3. The van der Waals surface area contributed by atoms with Gasteiger partial charge in [0, 0.05) is 0 Å². The lowest BCUT2D eigenvalue weighted by Crippen LogP contribution is -2.08. The first-order valence-corrected chi connectivity index (χ1v) is 7.26. The van der Waals surface area contributed by atoms with E-state index in [-0.39, 0.29) is 5.92 Å². The average Bonchev–Trinajstić information content (AvgIpc) is 2.55. The largest absolute Gasteiger partial charge is 0.489 e.